The number of benzene rings is 2. The average molecular weight is 384 g/mol. The van der Waals surface area contributed by atoms with Gasteiger partial charge in [0.25, 0.3) is 0 Å². The molecule has 0 aliphatic rings. The number of para-hydroxylation sites is 1. The molecule has 24 heavy (non-hydrogen) atoms. The lowest BCUT2D eigenvalue weighted by Gasteiger charge is -2.06. The standard InChI is InChI=1S/C19H18BrN3O/c1-12(2)15-5-4-6-16-18(15)22(3)19(21)23(16)11-17(24)13-7-9-14(20)10-8-13/h4-10,21H,1,11H2,2-3H3. The number of allylic oxidation sites excluding steroid dienone is 1. The van der Waals surface area contributed by atoms with Crippen molar-refractivity contribution in [2.24, 2.45) is 7.05 Å². The Morgan fingerprint density at radius 2 is 1.88 bits per heavy atom. The summed E-state index contributed by atoms with van der Waals surface area (Å²) >= 11 is 3.37. The molecule has 3 aromatic rings. The zero-order chi connectivity index (χ0) is 17.4. The van der Waals surface area contributed by atoms with Gasteiger partial charge >= 0.3 is 0 Å². The summed E-state index contributed by atoms with van der Waals surface area (Å²) in [4.78, 5) is 12.6. The van der Waals surface area contributed by atoms with E-state index < -0.39 is 0 Å². The number of hydrogen-bond acceptors (Lipinski definition) is 2. The van der Waals surface area contributed by atoms with Crippen molar-refractivity contribution >= 4 is 38.3 Å². The number of Topliss-reactive ketones (excluding diaryl/α,β-unsaturated/α-hetero) is 1. The van der Waals surface area contributed by atoms with Gasteiger partial charge in [-0.1, -0.05) is 46.8 Å². The topological polar surface area (TPSA) is 50.8 Å². The summed E-state index contributed by atoms with van der Waals surface area (Å²) < 4.78 is 4.48. The summed E-state index contributed by atoms with van der Waals surface area (Å²) in [7, 11) is 1.84. The first-order chi connectivity index (χ1) is 11.4. The van der Waals surface area contributed by atoms with Gasteiger partial charge in [0.2, 0.25) is 5.62 Å². The van der Waals surface area contributed by atoms with Gasteiger partial charge in [0.05, 0.1) is 17.6 Å². The maximum atomic E-state index is 12.6. The molecule has 3 rings (SSSR count). The number of aromatic nitrogens is 2. The Labute approximate surface area is 148 Å². The smallest absolute Gasteiger partial charge is 0.203 e. The van der Waals surface area contributed by atoms with Gasteiger partial charge in [-0.25, -0.2) is 0 Å². The summed E-state index contributed by atoms with van der Waals surface area (Å²) in [5, 5.41) is 8.39. The van der Waals surface area contributed by atoms with E-state index in [4.69, 9.17) is 5.41 Å². The molecule has 0 aliphatic carbocycles. The van der Waals surface area contributed by atoms with Crippen molar-refractivity contribution in [2.75, 3.05) is 0 Å². The molecule has 0 fully saturated rings. The third-order valence-electron chi connectivity index (χ3n) is 4.14. The first-order valence-corrected chi connectivity index (χ1v) is 8.37. The van der Waals surface area contributed by atoms with Gasteiger partial charge in [-0.05, 0) is 30.7 Å². The lowest BCUT2D eigenvalue weighted by atomic mass is 10.1. The van der Waals surface area contributed by atoms with Crippen LogP contribution in [0.3, 0.4) is 0 Å². The summed E-state index contributed by atoms with van der Waals surface area (Å²) in [6, 6.07) is 13.2. The molecule has 1 heterocycles. The minimum atomic E-state index is -0.0192. The highest BCUT2D eigenvalue weighted by atomic mass is 79.9. The number of halogens is 1. The predicted octanol–water partition coefficient (Wildman–Crippen LogP) is 4.14. The van der Waals surface area contributed by atoms with Gasteiger partial charge in [-0.3, -0.25) is 10.2 Å². The first-order valence-electron chi connectivity index (χ1n) is 7.57. The monoisotopic (exact) mass is 383 g/mol. The molecular formula is C19H18BrN3O. The number of hydrogen-bond donors (Lipinski definition) is 1. The third-order valence-corrected chi connectivity index (χ3v) is 4.67. The second-order valence-electron chi connectivity index (χ2n) is 5.85. The molecule has 0 radical (unpaired) electrons. The molecule has 122 valence electrons. The average Bonchev–Trinajstić information content (AvgIpc) is 2.80. The number of ketones is 1. The number of carbonyl (C=O) groups excluding carboxylic acids is 1. The van der Waals surface area contributed by atoms with Crippen molar-refractivity contribution in [2.45, 2.75) is 13.5 Å². The van der Waals surface area contributed by atoms with Crippen LogP contribution in [0.4, 0.5) is 0 Å². The highest BCUT2D eigenvalue weighted by Crippen LogP contribution is 2.23. The van der Waals surface area contributed by atoms with E-state index in [1.165, 1.54) is 0 Å². The van der Waals surface area contributed by atoms with Crippen molar-refractivity contribution in [1.82, 2.24) is 9.13 Å². The van der Waals surface area contributed by atoms with Crippen LogP contribution in [0, 0.1) is 5.41 Å². The summed E-state index contributed by atoms with van der Waals surface area (Å²) in [5.74, 6) is -0.0192. The third kappa shape index (κ3) is 2.76. The van der Waals surface area contributed by atoms with Crippen molar-refractivity contribution < 1.29 is 4.79 Å². The molecule has 0 bridgehead atoms. The summed E-state index contributed by atoms with van der Waals surface area (Å²) in [5.41, 5.74) is 4.67. The van der Waals surface area contributed by atoms with Gasteiger partial charge in [0, 0.05) is 22.6 Å². The molecule has 1 aromatic heterocycles. The Morgan fingerprint density at radius 3 is 2.50 bits per heavy atom. The second kappa shape index (κ2) is 6.24. The van der Waals surface area contributed by atoms with Gasteiger partial charge in [-0.2, -0.15) is 0 Å². The van der Waals surface area contributed by atoms with Gasteiger partial charge in [-0.15, -0.1) is 0 Å². The maximum Gasteiger partial charge on any atom is 0.203 e. The Bertz CT molecular complexity index is 1010. The lowest BCUT2D eigenvalue weighted by Crippen LogP contribution is -2.25. The molecule has 5 heteroatoms. The van der Waals surface area contributed by atoms with Gasteiger partial charge < -0.3 is 9.13 Å². The Hall–Kier alpha value is -2.40. The Balaban J connectivity index is 2.10. The number of imidazole rings is 1. The van der Waals surface area contributed by atoms with Gasteiger partial charge in [0.1, 0.15) is 0 Å². The number of nitrogens with zero attached hydrogens (tertiary/aromatic N) is 2. The van der Waals surface area contributed by atoms with E-state index in [9.17, 15) is 4.79 Å². The molecular weight excluding hydrogens is 366 g/mol. The highest BCUT2D eigenvalue weighted by molar-refractivity contribution is 9.10. The molecule has 0 atom stereocenters. The Morgan fingerprint density at radius 1 is 1.21 bits per heavy atom. The maximum absolute atomic E-state index is 12.6. The highest BCUT2D eigenvalue weighted by Gasteiger charge is 2.15. The second-order valence-corrected chi connectivity index (χ2v) is 6.77. The van der Waals surface area contributed by atoms with Crippen LogP contribution in [0.5, 0.6) is 0 Å². The lowest BCUT2D eigenvalue weighted by molar-refractivity contribution is 0.0971. The first kappa shape index (κ1) is 16.5. The molecule has 4 nitrogen and oxygen atoms in total. The van der Waals surface area contributed by atoms with Crippen molar-refractivity contribution in [1.29, 1.82) is 5.41 Å². The number of carbonyl (C=O) groups is 1. The number of nitrogens with one attached hydrogen (secondary N) is 1. The molecule has 0 unspecified atom stereocenters. The SMILES string of the molecule is C=C(C)c1cccc2c1n(C)c(=N)n2CC(=O)c1ccc(Br)cc1. The largest absolute Gasteiger partial charge is 0.313 e. The van der Waals surface area contributed by atoms with Gasteiger partial charge in [0.15, 0.2) is 5.78 Å². The molecule has 0 saturated heterocycles. The normalized spacial score (nSPS) is 11.0. The molecule has 0 saturated carbocycles. The fraction of sp³-hybridized carbons (Fsp3) is 0.158. The number of rotatable bonds is 4. The van der Waals surface area contributed by atoms with Crippen LogP contribution >= 0.6 is 15.9 Å². The van der Waals surface area contributed by atoms with Crippen LogP contribution in [0.1, 0.15) is 22.8 Å². The van der Waals surface area contributed by atoms with Crippen molar-refractivity contribution in [3.63, 3.8) is 0 Å². The van der Waals surface area contributed by atoms with E-state index in [0.29, 0.717) is 11.2 Å². The Kier molecular flexibility index (Phi) is 4.28. The zero-order valence-electron chi connectivity index (χ0n) is 13.6. The minimum Gasteiger partial charge on any atom is -0.313 e. The van der Waals surface area contributed by atoms with Crippen molar-refractivity contribution in [3.05, 3.63) is 70.3 Å². The predicted molar refractivity (Wildman–Crippen MR) is 99.9 cm³/mol. The summed E-state index contributed by atoms with van der Waals surface area (Å²) in [6.07, 6.45) is 0. The van der Waals surface area contributed by atoms with Crippen LogP contribution in [-0.2, 0) is 13.6 Å². The van der Waals surface area contributed by atoms with Crippen LogP contribution < -0.4 is 5.62 Å². The van der Waals surface area contributed by atoms with Crippen LogP contribution in [-0.4, -0.2) is 14.9 Å². The van der Waals surface area contributed by atoms with Crippen molar-refractivity contribution in [3.8, 4) is 0 Å². The van der Waals surface area contributed by atoms with Crippen LogP contribution in [0.25, 0.3) is 16.6 Å². The molecule has 0 amide bonds. The number of fused-ring (bicyclic) bond motifs is 1. The van der Waals surface area contributed by atoms with E-state index in [-0.39, 0.29) is 12.3 Å². The molecule has 0 spiro atoms. The van der Waals surface area contributed by atoms with E-state index in [1.807, 2.05) is 44.3 Å². The minimum absolute atomic E-state index is 0.0192. The molecule has 2 aromatic carbocycles. The van der Waals surface area contributed by atoms with E-state index in [1.54, 1.807) is 21.3 Å². The quantitative estimate of drug-likeness (QED) is 0.676. The zero-order valence-corrected chi connectivity index (χ0v) is 15.2. The molecule has 1 N–H and O–H groups in total. The fourth-order valence-electron chi connectivity index (χ4n) is 2.88. The summed E-state index contributed by atoms with van der Waals surface area (Å²) in [6.45, 7) is 6.10. The van der Waals surface area contributed by atoms with E-state index in [0.717, 1.165) is 26.6 Å². The molecule has 0 aliphatic heterocycles. The van der Waals surface area contributed by atoms with Crippen LogP contribution in [0.15, 0.2) is 53.5 Å². The van der Waals surface area contributed by atoms with Crippen LogP contribution in [0.2, 0.25) is 0 Å². The van der Waals surface area contributed by atoms with E-state index >= 15 is 0 Å². The van der Waals surface area contributed by atoms with E-state index in [2.05, 4.69) is 22.5 Å². The number of aryl methyl sites for hydroxylation is 1. The fourth-order valence-corrected chi connectivity index (χ4v) is 3.14.